The van der Waals surface area contributed by atoms with Crippen LogP contribution in [0.2, 0.25) is 0 Å². The Labute approximate surface area is 380 Å². The molecule has 0 aromatic carbocycles. The summed E-state index contributed by atoms with van der Waals surface area (Å²) in [6.45, 7) is 8.65. The molecule has 13 nitrogen and oxygen atoms in total. The van der Waals surface area contributed by atoms with E-state index in [4.69, 9.17) is 27.5 Å². The average Bonchev–Trinajstić information content (AvgIpc) is 3.23. The summed E-state index contributed by atoms with van der Waals surface area (Å²) < 4.78 is 9.42. The van der Waals surface area contributed by atoms with Crippen molar-refractivity contribution in [3.8, 4) is 12.3 Å². The van der Waals surface area contributed by atoms with E-state index in [0.29, 0.717) is 12.8 Å². The van der Waals surface area contributed by atoms with Gasteiger partial charge in [0.1, 0.15) is 13.2 Å². The number of nitroso groups, excluding NO2 is 1. The molecule has 0 spiro atoms. The van der Waals surface area contributed by atoms with Crippen molar-refractivity contribution >= 4 is 29.6 Å². The number of amides is 2. The fourth-order valence-corrected chi connectivity index (χ4v) is 7.25. The van der Waals surface area contributed by atoms with Crippen molar-refractivity contribution < 1.29 is 44.3 Å². The number of ether oxygens (including phenoxy) is 2. The molecule has 1 aliphatic rings. The Morgan fingerprint density at radius 1 is 0.726 bits per heavy atom. The number of carbonyl (C=O) groups is 3. The second kappa shape index (κ2) is 44.8. The van der Waals surface area contributed by atoms with E-state index in [1.54, 1.807) is 0 Å². The van der Waals surface area contributed by atoms with Crippen LogP contribution < -0.4 is 5.32 Å². The van der Waals surface area contributed by atoms with Gasteiger partial charge in [0, 0.05) is 45.0 Å². The van der Waals surface area contributed by atoms with Gasteiger partial charge in [0.2, 0.25) is 0 Å². The number of halogens is 1. The lowest BCUT2D eigenvalue weighted by Crippen LogP contribution is -2.44. The number of urea groups is 1. The smallest absolute Gasteiger partial charge is 0.340 e. The van der Waals surface area contributed by atoms with Crippen molar-refractivity contribution in [1.82, 2.24) is 10.3 Å². The molecule has 2 amide bonds. The number of nitrogens with zero attached hydrogens (tertiary/aromatic N) is 2. The van der Waals surface area contributed by atoms with Gasteiger partial charge in [-0.25, -0.2) is 4.79 Å². The number of hydrogen-bond donors (Lipinski definition) is 5. The van der Waals surface area contributed by atoms with Crippen LogP contribution in [0.15, 0.2) is 17.9 Å². The fourth-order valence-electron chi connectivity index (χ4n) is 7.09. The van der Waals surface area contributed by atoms with Crippen LogP contribution >= 0.6 is 11.6 Å². The molecule has 4 unspecified atom stereocenters. The molecular weight excluding hydrogens is 814 g/mol. The van der Waals surface area contributed by atoms with Gasteiger partial charge in [0.05, 0.1) is 36.2 Å². The summed E-state index contributed by atoms with van der Waals surface area (Å²) in [5.41, 5.74) is 0. The SMILES string of the molecule is C#CCCCCCCCCCCCC(O)CC(O)COC(C)=O.C=CCCCCCCCCCCCC(O)CC(O)COC(C)=O.CC1CCC(NC(=O)N(CCCl)N=O)CC1. The van der Waals surface area contributed by atoms with E-state index in [9.17, 15) is 39.7 Å². The molecule has 1 saturated carbocycles. The minimum Gasteiger partial charge on any atom is -0.463 e. The molecule has 1 rings (SSSR count). The van der Waals surface area contributed by atoms with Gasteiger partial charge >= 0.3 is 18.0 Å². The highest BCUT2D eigenvalue weighted by Crippen LogP contribution is 2.23. The number of esters is 2. The van der Waals surface area contributed by atoms with E-state index in [-0.39, 0.29) is 44.5 Å². The molecule has 1 aliphatic carbocycles. The van der Waals surface area contributed by atoms with Crippen LogP contribution in [-0.4, -0.2) is 99.5 Å². The van der Waals surface area contributed by atoms with Gasteiger partial charge in [0.25, 0.3) is 0 Å². The number of alkyl halides is 1. The third kappa shape index (κ3) is 43.9. The number of unbranched alkanes of at least 4 members (excludes halogenated alkanes) is 18. The van der Waals surface area contributed by atoms with Gasteiger partial charge in [-0.2, -0.15) is 5.01 Å². The highest BCUT2D eigenvalue weighted by Gasteiger charge is 2.22. The maximum Gasteiger partial charge on any atom is 0.340 e. The Balaban J connectivity index is 0. The van der Waals surface area contributed by atoms with Crippen molar-refractivity contribution in [2.24, 2.45) is 11.2 Å². The van der Waals surface area contributed by atoms with Crippen molar-refractivity contribution in [1.29, 1.82) is 0 Å². The second-order valence-corrected chi connectivity index (χ2v) is 17.3. The molecular formula is C48H88ClN3O10. The standard InChI is InChI=1S/C19H36O4.C19H34O4.C10H18ClN3O2/c2*1-3-4-5-6-7-8-9-10-11-12-13-14-18(21)15-19(22)16-23-17(2)20;1-8-2-4-9(5-3-8)12-10(15)14(13-16)7-6-11/h3,18-19,21-22H,1,4-16H2,2H3;1,18-19,21-22H,4-16H2,2H3;8-9H,2-7H2,1H3,(H,12,15). The predicted octanol–water partition coefficient (Wildman–Crippen LogP) is 10.2. The number of aliphatic hydroxyl groups excluding tert-OH is 4. The molecule has 4 atom stereocenters. The van der Waals surface area contributed by atoms with Crippen LogP contribution in [0, 0.1) is 23.2 Å². The molecule has 0 aromatic heterocycles. The Hall–Kier alpha value is -2.76. The number of allylic oxidation sites excluding steroid dienone is 1. The zero-order chi connectivity index (χ0) is 46.6. The Morgan fingerprint density at radius 2 is 1.13 bits per heavy atom. The van der Waals surface area contributed by atoms with E-state index < -0.39 is 42.4 Å². The number of aliphatic hydroxyl groups is 4. The van der Waals surface area contributed by atoms with Crippen molar-refractivity contribution in [2.45, 2.75) is 231 Å². The molecule has 0 heterocycles. The number of nitrogens with one attached hydrogen (secondary N) is 1. The number of hydrogen-bond acceptors (Lipinski definition) is 11. The zero-order valence-electron chi connectivity index (χ0n) is 39.0. The summed E-state index contributed by atoms with van der Waals surface area (Å²) in [6, 6.07) is -0.265. The quantitative estimate of drug-likeness (QED) is 0.00777. The predicted molar refractivity (Wildman–Crippen MR) is 250 cm³/mol. The van der Waals surface area contributed by atoms with Crippen molar-refractivity contribution in [2.75, 3.05) is 25.6 Å². The van der Waals surface area contributed by atoms with Gasteiger partial charge in [-0.15, -0.1) is 35.4 Å². The summed E-state index contributed by atoms with van der Waals surface area (Å²) in [5.74, 6) is 2.80. The van der Waals surface area contributed by atoms with Crippen LogP contribution in [0.5, 0.6) is 0 Å². The topological polar surface area (TPSA) is 195 Å². The van der Waals surface area contributed by atoms with E-state index in [1.165, 1.54) is 97.3 Å². The number of terminal acetylenes is 1. The van der Waals surface area contributed by atoms with E-state index >= 15 is 0 Å². The summed E-state index contributed by atoms with van der Waals surface area (Å²) in [7, 11) is 0. The lowest BCUT2D eigenvalue weighted by atomic mass is 9.87. The molecule has 62 heavy (non-hydrogen) atoms. The zero-order valence-corrected chi connectivity index (χ0v) is 39.7. The lowest BCUT2D eigenvalue weighted by Gasteiger charge is -2.27. The van der Waals surface area contributed by atoms with Gasteiger partial charge in [-0.3, -0.25) is 9.59 Å². The maximum atomic E-state index is 11.6. The lowest BCUT2D eigenvalue weighted by molar-refractivity contribution is -0.145. The van der Waals surface area contributed by atoms with Crippen molar-refractivity contribution in [3.05, 3.63) is 17.6 Å². The van der Waals surface area contributed by atoms with Gasteiger partial charge < -0.3 is 35.2 Å². The summed E-state index contributed by atoms with van der Waals surface area (Å²) in [6.07, 6.45) is 34.7. The van der Waals surface area contributed by atoms with Crippen LogP contribution in [-0.2, 0) is 19.1 Å². The number of carbonyl (C=O) groups excluding carboxylic acids is 3. The van der Waals surface area contributed by atoms with Gasteiger partial charge in [0.15, 0.2) is 0 Å². The first-order chi connectivity index (χ1) is 29.8. The van der Waals surface area contributed by atoms with Crippen LogP contribution in [0.25, 0.3) is 0 Å². The maximum absolute atomic E-state index is 11.6. The highest BCUT2D eigenvalue weighted by molar-refractivity contribution is 6.18. The van der Waals surface area contributed by atoms with Gasteiger partial charge in [-0.1, -0.05) is 116 Å². The third-order valence-corrected chi connectivity index (χ3v) is 11.0. The van der Waals surface area contributed by atoms with Crippen LogP contribution in [0.3, 0.4) is 0 Å². The number of rotatable bonds is 35. The van der Waals surface area contributed by atoms with Crippen LogP contribution in [0.4, 0.5) is 4.79 Å². The highest BCUT2D eigenvalue weighted by atomic mass is 35.5. The molecule has 362 valence electrons. The first-order valence-electron chi connectivity index (χ1n) is 23.8. The molecule has 5 N–H and O–H groups in total. The minimum atomic E-state index is -0.775. The largest absolute Gasteiger partial charge is 0.463 e. The molecule has 0 radical (unpaired) electrons. The summed E-state index contributed by atoms with van der Waals surface area (Å²) in [5, 5.41) is 45.1. The van der Waals surface area contributed by atoms with E-state index in [0.717, 1.165) is 81.6 Å². The average molecular weight is 903 g/mol. The first-order valence-corrected chi connectivity index (χ1v) is 24.3. The first kappa shape index (κ1) is 61.3. The molecule has 0 aliphatic heterocycles. The summed E-state index contributed by atoms with van der Waals surface area (Å²) in [4.78, 5) is 43.2. The fraction of sp³-hybridized carbons (Fsp3) is 0.854. The van der Waals surface area contributed by atoms with Crippen molar-refractivity contribution in [3.63, 3.8) is 0 Å². The second-order valence-electron chi connectivity index (χ2n) is 17.0. The monoisotopic (exact) mass is 902 g/mol. The molecule has 0 aromatic rings. The van der Waals surface area contributed by atoms with E-state index in [2.05, 4.69) is 30.0 Å². The Bertz CT molecular complexity index is 1130. The molecule has 1 fully saturated rings. The summed E-state index contributed by atoms with van der Waals surface area (Å²) >= 11 is 5.46. The normalized spacial score (nSPS) is 16.4. The van der Waals surface area contributed by atoms with E-state index in [1.807, 2.05) is 6.08 Å². The van der Waals surface area contributed by atoms with Crippen LogP contribution in [0.1, 0.15) is 201 Å². The molecule has 0 bridgehead atoms. The Morgan fingerprint density at radius 3 is 1.50 bits per heavy atom. The third-order valence-electron chi connectivity index (χ3n) is 10.8. The van der Waals surface area contributed by atoms with Gasteiger partial charge in [-0.05, 0) is 63.7 Å². The Kier molecular flexibility index (Phi) is 44.3. The molecule has 0 saturated heterocycles. The minimum absolute atomic E-state index is 0.0286. The molecule has 14 heteroatoms.